The Hall–Kier alpha value is -1.42. The molecule has 2 N–H and O–H groups in total. The summed E-state index contributed by atoms with van der Waals surface area (Å²) < 4.78 is 0. The molecule has 1 heterocycles. The van der Waals surface area contributed by atoms with Gasteiger partial charge in [-0.05, 0) is 43.0 Å². The molecule has 2 rings (SSSR count). The first-order chi connectivity index (χ1) is 8.72. The predicted octanol–water partition coefficient (Wildman–Crippen LogP) is 1.21. The summed E-state index contributed by atoms with van der Waals surface area (Å²) >= 11 is 0. The maximum Gasteiger partial charge on any atom is 0.226 e. The summed E-state index contributed by atoms with van der Waals surface area (Å²) in [5.41, 5.74) is 6.79. The third kappa shape index (κ3) is 2.88. The van der Waals surface area contributed by atoms with Crippen LogP contribution in [0.3, 0.4) is 0 Å². The largest absolute Gasteiger partial charge is 0.342 e. The van der Waals surface area contributed by atoms with E-state index in [0.717, 1.165) is 18.4 Å². The fourth-order valence-corrected chi connectivity index (χ4v) is 2.79. The fourth-order valence-electron chi connectivity index (χ4n) is 2.79. The number of carbonyl (C=O) groups is 1. The lowest BCUT2D eigenvalue weighted by molar-refractivity contribution is -0.131. The number of nitrogens with zero attached hydrogens (tertiary/aromatic N) is 2. The van der Waals surface area contributed by atoms with Crippen LogP contribution in [0, 0.1) is 5.92 Å². The summed E-state index contributed by atoms with van der Waals surface area (Å²) in [6.07, 6.45) is 7.31. The maximum atomic E-state index is 12.2. The number of amides is 1. The molecular weight excluding hydrogens is 226 g/mol. The lowest BCUT2D eigenvalue weighted by Gasteiger charge is -2.29. The van der Waals surface area contributed by atoms with E-state index in [9.17, 15) is 4.79 Å². The minimum atomic E-state index is 0.173. The Morgan fingerprint density at radius 2 is 2.17 bits per heavy atom. The molecule has 2 atom stereocenters. The van der Waals surface area contributed by atoms with Crippen molar-refractivity contribution >= 4 is 5.91 Å². The van der Waals surface area contributed by atoms with Crippen LogP contribution >= 0.6 is 0 Å². The van der Waals surface area contributed by atoms with Crippen LogP contribution in [-0.4, -0.2) is 35.4 Å². The molecule has 1 aliphatic carbocycles. The lowest BCUT2D eigenvalue weighted by atomic mass is 10.0. The van der Waals surface area contributed by atoms with Gasteiger partial charge < -0.3 is 10.6 Å². The zero-order valence-electron chi connectivity index (χ0n) is 10.9. The van der Waals surface area contributed by atoms with Gasteiger partial charge >= 0.3 is 0 Å². The Bertz CT molecular complexity index is 393. The molecule has 0 bridgehead atoms. The second-order valence-electron chi connectivity index (χ2n) is 5.03. The Balaban J connectivity index is 1.96. The molecule has 0 aromatic carbocycles. The highest BCUT2D eigenvalue weighted by molar-refractivity contribution is 5.78. The molecule has 0 aliphatic heterocycles. The van der Waals surface area contributed by atoms with Gasteiger partial charge in [0.25, 0.3) is 0 Å². The normalized spacial score (nSPS) is 23.0. The van der Waals surface area contributed by atoms with Gasteiger partial charge in [-0.2, -0.15) is 0 Å². The van der Waals surface area contributed by atoms with Gasteiger partial charge in [-0.3, -0.25) is 9.78 Å². The van der Waals surface area contributed by atoms with E-state index in [1.165, 1.54) is 6.42 Å². The summed E-state index contributed by atoms with van der Waals surface area (Å²) in [6.45, 7) is 0.678. The molecule has 0 spiro atoms. The predicted molar refractivity (Wildman–Crippen MR) is 70.9 cm³/mol. The van der Waals surface area contributed by atoms with Crippen molar-refractivity contribution in [3.63, 3.8) is 0 Å². The van der Waals surface area contributed by atoms with Crippen LogP contribution in [-0.2, 0) is 11.2 Å². The minimum Gasteiger partial charge on any atom is -0.342 e. The monoisotopic (exact) mass is 247 g/mol. The topological polar surface area (TPSA) is 59.2 Å². The van der Waals surface area contributed by atoms with Crippen LogP contribution in [0.25, 0.3) is 0 Å². The summed E-state index contributed by atoms with van der Waals surface area (Å²) in [4.78, 5) is 18.1. The summed E-state index contributed by atoms with van der Waals surface area (Å²) in [7, 11) is 1.90. The molecule has 1 amide bonds. The van der Waals surface area contributed by atoms with Crippen molar-refractivity contribution in [2.45, 2.75) is 31.7 Å². The fraction of sp³-hybridized carbons (Fsp3) is 0.571. The Morgan fingerprint density at radius 1 is 1.44 bits per heavy atom. The van der Waals surface area contributed by atoms with Crippen molar-refractivity contribution in [3.05, 3.63) is 30.1 Å². The Labute approximate surface area is 108 Å². The molecule has 4 heteroatoms. The Kier molecular flexibility index (Phi) is 4.31. The third-order valence-electron chi connectivity index (χ3n) is 3.92. The molecule has 1 aromatic rings. The van der Waals surface area contributed by atoms with Gasteiger partial charge in [-0.1, -0.05) is 6.42 Å². The van der Waals surface area contributed by atoms with Crippen LogP contribution in [0.15, 0.2) is 24.5 Å². The van der Waals surface area contributed by atoms with Gasteiger partial charge in [-0.25, -0.2) is 0 Å². The molecule has 1 fully saturated rings. The first kappa shape index (κ1) is 13.0. The van der Waals surface area contributed by atoms with E-state index >= 15 is 0 Å². The van der Waals surface area contributed by atoms with Crippen LogP contribution in [0.2, 0.25) is 0 Å². The zero-order valence-corrected chi connectivity index (χ0v) is 10.9. The van der Waals surface area contributed by atoms with Crippen molar-refractivity contribution in [2.75, 3.05) is 13.6 Å². The first-order valence-corrected chi connectivity index (χ1v) is 6.57. The smallest absolute Gasteiger partial charge is 0.226 e. The van der Waals surface area contributed by atoms with Gasteiger partial charge in [0, 0.05) is 25.5 Å². The third-order valence-corrected chi connectivity index (χ3v) is 3.92. The van der Waals surface area contributed by atoms with Crippen molar-refractivity contribution in [1.29, 1.82) is 0 Å². The highest BCUT2D eigenvalue weighted by Crippen LogP contribution is 2.28. The van der Waals surface area contributed by atoms with Gasteiger partial charge in [0.05, 0.1) is 6.42 Å². The first-order valence-electron chi connectivity index (χ1n) is 6.57. The minimum absolute atomic E-state index is 0.173. The molecule has 1 aliphatic rings. The van der Waals surface area contributed by atoms with Crippen LogP contribution in [0.5, 0.6) is 0 Å². The van der Waals surface area contributed by atoms with Crippen LogP contribution in [0.1, 0.15) is 24.8 Å². The molecule has 18 heavy (non-hydrogen) atoms. The number of likely N-dealkylation sites (N-methyl/N-ethyl adjacent to an activating group) is 1. The quantitative estimate of drug-likeness (QED) is 0.870. The summed E-state index contributed by atoms with van der Waals surface area (Å²) in [6, 6.07) is 4.10. The molecule has 0 saturated heterocycles. The SMILES string of the molecule is CN(C(=O)Cc1ccncc1)C1CCCC1CN. The molecule has 98 valence electrons. The molecule has 0 radical (unpaired) electrons. The highest BCUT2D eigenvalue weighted by atomic mass is 16.2. The van der Waals surface area contributed by atoms with Gasteiger partial charge in [0.1, 0.15) is 0 Å². The highest BCUT2D eigenvalue weighted by Gasteiger charge is 2.31. The second kappa shape index (κ2) is 5.96. The van der Waals surface area contributed by atoms with E-state index in [1.54, 1.807) is 12.4 Å². The van der Waals surface area contributed by atoms with E-state index in [1.807, 2.05) is 24.1 Å². The number of hydrogen-bond donors (Lipinski definition) is 1. The van der Waals surface area contributed by atoms with E-state index in [-0.39, 0.29) is 5.91 Å². The van der Waals surface area contributed by atoms with E-state index in [0.29, 0.717) is 24.9 Å². The van der Waals surface area contributed by atoms with Crippen LogP contribution in [0.4, 0.5) is 0 Å². The number of hydrogen-bond acceptors (Lipinski definition) is 3. The van der Waals surface area contributed by atoms with Gasteiger partial charge in [0.2, 0.25) is 5.91 Å². The Morgan fingerprint density at radius 3 is 2.83 bits per heavy atom. The maximum absolute atomic E-state index is 12.2. The average molecular weight is 247 g/mol. The summed E-state index contributed by atoms with van der Waals surface area (Å²) in [5, 5.41) is 0. The molecule has 1 aromatic heterocycles. The van der Waals surface area contributed by atoms with Gasteiger partial charge in [0.15, 0.2) is 0 Å². The number of nitrogens with two attached hydrogens (primary N) is 1. The second-order valence-corrected chi connectivity index (χ2v) is 5.03. The van der Waals surface area contributed by atoms with Crippen molar-refractivity contribution < 1.29 is 4.79 Å². The van der Waals surface area contributed by atoms with E-state index in [2.05, 4.69) is 4.98 Å². The molecule has 4 nitrogen and oxygen atoms in total. The summed E-state index contributed by atoms with van der Waals surface area (Å²) in [5.74, 6) is 0.642. The number of pyridine rings is 1. The average Bonchev–Trinajstić information content (AvgIpc) is 2.87. The number of aromatic nitrogens is 1. The van der Waals surface area contributed by atoms with Crippen molar-refractivity contribution in [2.24, 2.45) is 11.7 Å². The van der Waals surface area contributed by atoms with Crippen molar-refractivity contribution in [1.82, 2.24) is 9.88 Å². The molecule has 2 unspecified atom stereocenters. The molecular formula is C14H21N3O. The number of rotatable bonds is 4. The van der Waals surface area contributed by atoms with Gasteiger partial charge in [-0.15, -0.1) is 0 Å². The van der Waals surface area contributed by atoms with E-state index < -0.39 is 0 Å². The lowest BCUT2D eigenvalue weighted by Crippen LogP contribution is -2.42. The standard InChI is InChI=1S/C14H21N3O/c1-17(13-4-2-3-12(13)10-15)14(18)9-11-5-7-16-8-6-11/h5-8,12-13H,2-4,9-10,15H2,1H3. The number of carbonyl (C=O) groups excluding carboxylic acids is 1. The van der Waals surface area contributed by atoms with Crippen LogP contribution < -0.4 is 5.73 Å². The molecule has 1 saturated carbocycles. The van der Waals surface area contributed by atoms with E-state index in [4.69, 9.17) is 5.73 Å². The zero-order chi connectivity index (χ0) is 13.0. The van der Waals surface area contributed by atoms with Crippen molar-refractivity contribution in [3.8, 4) is 0 Å².